The fourth-order valence-corrected chi connectivity index (χ4v) is 1.42. The predicted molar refractivity (Wildman–Crippen MR) is 52.2 cm³/mol. The third-order valence-corrected chi connectivity index (χ3v) is 1.96. The van der Waals surface area contributed by atoms with Crippen molar-refractivity contribution in [1.82, 2.24) is 9.97 Å². The SMILES string of the molecule is CN(CC(N)=O)c1ncncc1Br. The first kappa shape index (κ1) is 9.91. The molecule has 0 saturated heterocycles. The number of primary amides is 1. The first-order chi connectivity index (χ1) is 6.11. The third-order valence-electron chi connectivity index (χ3n) is 1.40. The number of aromatic nitrogens is 2. The Bertz CT molecular complexity index is 317. The first-order valence-electron chi connectivity index (χ1n) is 3.56. The number of carbonyl (C=O) groups excluding carboxylic acids is 1. The molecule has 6 heteroatoms. The lowest BCUT2D eigenvalue weighted by molar-refractivity contribution is -0.116. The zero-order valence-electron chi connectivity index (χ0n) is 7.07. The van der Waals surface area contributed by atoms with E-state index in [0.29, 0.717) is 5.82 Å². The fraction of sp³-hybridized carbons (Fsp3) is 0.286. The topological polar surface area (TPSA) is 72.1 Å². The standard InChI is InChI=1S/C7H9BrN4O/c1-12(3-6(9)13)7-5(8)2-10-4-11-7/h2,4H,3H2,1H3,(H2,9,13). The van der Waals surface area contributed by atoms with E-state index in [1.165, 1.54) is 6.33 Å². The van der Waals surface area contributed by atoms with Crippen LogP contribution in [0.25, 0.3) is 0 Å². The molecular formula is C7H9BrN4O. The second-order valence-corrected chi connectivity index (χ2v) is 3.37. The van der Waals surface area contributed by atoms with E-state index in [2.05, 4.69) is 25.9 Å². The second kappa shape index (κ2) is 4.18. The van der Waals surface area contributed by atoms with Gasteiger partial charge in [0.2, 0.25) is 5.91 Å². The van der Waals surface area contributed by atoms with E-state index in [-0.39, 0.29) is 6.54 Å². The lowest BCUT2D eigenvalue weighted by Crippen LogP contribution is -2.31. The minimum Gasteiger partial charge on any atom is -0.368 e. The molecule has 1 aromatic rings. The maximum absolute atomic E-state index is 10.6. The second-order valence-electron chi connectivity index (χ2n) is 2.52. The molecule has 0 atom stereocenters. The van der Waals surface area contributed by atoms with Crippen LogP contribution in [0.2, 0.25) is 0 Å². The Morgan fingerprint density at radius 3 is 3.00 bits per heavy atom. The highest BCUT2D eigenvalue weighted by molar-refractivity contribution is 9.10. The summed E-state index contributed by atoms with van der Waals surface area (Å²) in [6.45, 7) is 0.135. The number of carbonyl (C=O) groups is 1. The van der Waals surface area contributed by atoms with Gasteiger partial charge < -0.3 is 10.6 Å². The van der Waals surface area contributed by atoms with E-state index >= 15 is 0 Å². The van der Waals surface area contributed by atoms with Crippen molar-refractivity contribution in [3.63, 3.8) is 0 Å². The van der Waals surface area contributed by atoms with Crippen molar-refractivity contribution in [2.45, 2.75) is 0 Å². The minimum atomic E-state index is -0.395. The summed E-state index contributed by atoms with van der Waals surface area (Å²) in [4.78, 5) is 20.1. The van der Waals surface area contributed by atoms with Gasteiger partial charge in [-0.25, -0.2) is 9.97 Å². The number of hydrogen-bond acceptors (Lipinski definition) is 4. The Labute approximate surface area is 84.1 Å². The Kier molecular flexibility index (Phi) is 3.18. The Morgan fingerprint density at radius 1 is 1.77 bits per heavy atom. The van der Waals surface area contributed by atoms with Crippen LogP contribution in [0, 0.1) is 0 Å². The molecule has 1 amide bonds. The van der Waals surface area contributed by atoms with E-state index < -0.39 is 5.91 Å². The molecule has 1 aromatic heterocycles. The fourth-order valence-electron chi connectivity index (χ4n) is 0.896. The summed E-state index contributed by atoms with van der Waals surface area (Å²) < 4.78 is 0.735. The summed E-state index contributed by atoms with van der Waals surface area (Å²) in [6.07, 6.45) is 3.03. The van der Waals surface area contributed by atoms with Gasteiger partial charge in [0.15, 0.2) is 0 Å². The molecule has 0 fully saturated rings. The molecule has 1 rings (SSSR count). The largest absolute Gasteiger partial charge is 0.368 e. The zero-order chi connectivity index (χ0) is 9.84. The smallest absolute Gasteiger partial charge is 0.236 e. The summed E-state index contributed by atoms with van der Waals surface area (Å²) in [5, 5.41) is 0. The molecule has 0 bridgehead atoms. The molecule has 0 aliphatic carbocycles. The molecule has 5 nitrogen and oxygen atoms in total. The van der Waals surface area contributed by atoms with Crippen LogP contribution < -0.4 is 10.6 Å². The van der Waals surface area contributed by atoms with Gasteiger partial charge >= 0.3 is 0 Å². The summed E-state index contributed by atoms with van der Waals surface area (Å²) in [5.41, 5.74) is 5.04. The highest BCUT2D eigenvalue weighted by Gasteiger charge is 2.08. The van der Waals surface area contributed by atoms with Crippen LogP contribution in [0.4, 0.5) is 5.82 Å². The van der Waals surface area contributed by atoms with Gasteiger partial charge in [-0.1, -0.05) is 0 Å². The average molecular weight is 245 g/mol. The number of halogens is 1. The normalized spacial score (nSPS) is 9.69. The molecule has 0 radical (unpaired) electrons. The third kappa shape index (κ3) is 2.66. The summed E-state index contributed by atoms with van der Waals surface area (Å²) in [5.74, 6) is 0.252. The van der Waals surface area contributed by atoms with Crippen molar-refractivity contribution >= 4 is 27.7 Å². The lowest BCUT2D eigenvalue weighted by Gasteiger charge is -2.16. The number of likely N-dealkylation sites (N-methyl/N-ethyl adjacent to an activating group) is 1. The van der Waals surface area contributed by atoms with E-state index in [1.807, 2.05) is 0 Å². The molecule has 0 aliphatic rings. The average Bonchev–Trinajstić information content (AvgIpc) is 2.03. The van der Waals surface area contributed by atoms with Crippen molar-refractivity contribution in [2.75, 3.05) is 18.5 Å². The molecular weight excluding hydrogens is 236 g/mol. The number of nitrogens with two attached hydrogens (primary N) is 1. The predicted octanol–water partition coefficient (Wildman–Crippen LogP) is 0.161. The Hall–Kier alpha value is -1.17. The van der Waals surface area contributed by atoms with Gasteiger partial charge in [-0.15, -0.1) is 0 Å². The van der Waals surface area contributed by atoms with Crippen LogP contribution >= 0.6 is 15.9 Å². The van der Waals surface area contributed by atoms with Crippen LogP contribution in [0.1, 0.15) is 0 Å². The van der Waals surface area contributed by atoms with Gasteiger partial charge in [0.1, 0.15) is 12.1 Å². The summed E-state index contributed by atoms with van der Waals surface area (Å²) in [6, 6.07) is 0. The van der Waals surface area contributed by atoms with E-state index in [4.69, 9.17) is 5.73 Å². The first-order valence-corrected chi connectivity index (χ1v) is 4.35. The number of rotatable bonds is 3. The maximum atomic E-state index is 10.6. The molecule has 0 aromatic carbocycles. The number of hydrogen-bond donors (Lipinski definition) is 1. The van der Waals surface area contributed by atoms with Crippen LogP contribution in [0.3, 0.4) is 0 Å². The maximum Gasteiger partial charge on any atom is 0.236 e. The number of amides is 1. The molecule has 1 heterocycles. The molecule has 13 heavy (non-hydrogen) atoms. The zero-order valence-corrected chi connectivity index (χ0v) is 8.65. The quantitative estimate of drug-likeness (QED) is 0.823. The van der Waals surface area contributed by atoms with Gasteiger partial charge in [-0.3, -0.25) is 4.79 Å². The van der Waals surface area contributed by atoms with Gasteiger partial charge in [0.25, 0.3) is 0 Å². The van der Waals surface area contributed by atoms with Gasteiger partial charge in [-0.2, -0.15) is 0 Å². The Balaban J connectivity index is 2.82. The van der Waals surface area contributed by atoms with E-state index in [0.717, 1.165) is 4.47 Å². The van der Waals surface area contributed by atoms with Crippen molar-refractivity contribution in [2.24, 2.45) is 5.73 Å². The van der Waals surface area contributed by atoms with Gasteiger partial charge in [-0.05, 0) is 15.9 Å². The van der Waals surface area contributed by atoms with E-state index in [1.54, 1.807) is 18.1 Å². The van der Waals surface area contributed by atoms with Crippen molar-refractivity contribution in [3.05, 3.63) is 17.0 Å². The highest BCUT2D eigenvalue weighted by atomic mass is 79.9. The van der Waals surface area contributed by atoms with Crippen molar-refractivity contribution < 1.29 is 4.79 Å². The van der Waals surface area contributed by atoms with Crippen LogP contribution in [-0.4, -0.2) is 29.5 Å². The number of anilines is 1. The van der Waals surface area contributed by atoms with Crippen LogP contribution in [0.15, 0.2) is 17.0 Å². The summed E-state index contributed by atoms with van der Waals surface area (Å²) >= 11 is 3.27. The number of nitrogens with zero attached hydrogens (tertiary/aromatic N) is 3. The van der Waals surface area contributed by atoms with Gasteiger partial charge in [0.05, 0.1) is 11.0 Å². The minimum absolute atomic E-state index is 0.135. The molecule has 0 saturated carbocycles. The Morgan fingerprint density at radius 2 is 2.46 bits per heavy atom. The van der Waals surface area contributed by atoms with Crippen LogP contribution in [-0.2, 0) is 4.79 Å². The van der Waals surface area contributed by atoms with Crippen molar-refractivity contribution in [1.29, 1.82) is 0 Å². The molecule has 0 unspecified atom stereocenters. The van der Waals surface area contributed by atoms with Crippen LogP contribution in [0.5, 0.6) is 0 Å². The van der Waals surface area contributed by atoms with Crippen molar-refractivity contribution in [3.8, 4) is 0 Å². The molecule has 70 valence electrons. The lowest BCUT2D eigenvalue weighted by atomic mass is 10.5. The highest BCUT2D eigenvalue weighted by Crippen LogP contribution is 2.19. The monoisotopic (exact) mass is 244 g/mol. The molecule has 0 spiro atoms. The molecule has 2 N–H and O–H groups in total. The van der Waals surface area contributed by atoms with E-state index in [9.17, 15) is 4.79 Å². The summed E-state index contributed by atoms with van der Waals surface area (Å²) in [7, 11) is 1.73. The van der Waals surface area contributed by atoms with Gasteiger partial charge in [0, 0.05) is 13.2 Å². The molecule has 0 aliphatic heterocycles.